The molecule has 1 N–H and O–H groups in total. The molecule has 0 amide bonds. The van der Waals surface area contributed by atoms with Gasteiger partial charge in [0.05, 0.1) is 20.8 Å². The van der Waals surface area contributed by atoms with Crippen molar-refractivity contribution in [3.05, 3.63) is 60.2 Å². The summed E-state index contributed by atoms with van der Waals surface area (Å²) in [6.45, 7) is 4.12. The van der Waals surface area contributed by atoms with E-state index in [2.05, 4.69) is 43.6 Å². The van der Waals surface area contributed by atoms with Crippen molar-refractivity contribution < 1.29 is 8.60 Å². The van der Waals surface area contributed by atoms with Crippen molar-refractivity contribution >= 4 is 43.9 Å². The average molecular weight is 561 g/mol. The smallest absolute Gasteiger partial charge is 0.229 e. The van der Waals surface area contributed by atoms with Gasteiger partial charge in [-0.05, 0) is 69.1 Å². The number of nitrogens with one attached hydrogen (secondary N) is 1. The molecule has 9 nitrogen and oxygen atoms in total. The van der Waals surface area contributed by atoms with Crippen molar-refractivity contribution in [2.45, 2.75) is 31.6 Å². The number of pyridine rings is 1. The molecule has 4 aromatic rings. The number of rotatable bonds is 6. The zero-order chi connectivity index (χ0) is 27.3. The Morgan fingerprint density at radius 1 is 1.00 bits per heavy atom. The lowest BCUT2D eigenvalue weighted by atomic mass is 10.2. The van der Waals surface area contributed by atoms with Crippen LogP contribution in [0.4, 0.5) is 27.5 Å². The van der Waals surface area contributed by atoms with E-state index in [1.165, 1.54) is 5.69 Å². The van der Waals surface area contributed by atoms with E-state index in [1.54, 1.807) is 16.8 Å². The maximum Gasteiger partial charge on any atom is 0.229 e. The van der Waals surface area contributed by atoms with E-state index in [0.29, 0.717) is 45.8 Å². The van der Waals surface area contributed by atoms with Crippen molar-refractivity contribution in [3.8, 4) is 5.82 Å². The predicted molar refractivity (Wildman–Crippen MR) is 157 cm³/mol. The summed E-state index contributed by atoms with van der Waals surface area (Å²) in [5.74, 6) is 2.35. The van der Waals surface area contributed by atoms with Gasteiger partial charge >= 0.3 is 0 Å². The molecule has 208 valence electrons. The van der Waals surface area contributed by atoms with Crippen LogP contribution in [0.5, 0.6) is 0 Å². The first-order valence-electron chi connectivity index (χ1n) is 14.0. The molecule has 3 fully saturated rings. The van der Waals surface area contributed by atoms with E-state index >= 15 is 4.39 Å². The lowest BCUT2D eigenvalue weighted by Crippen LogP contribution is -2.44. The summed E-state index contributed by atoms with van der Waals surface area (Å²) >= 11 is 0. The summed E-state index contributed by atoms with van der Waals surface area (Å²) in [6.07, 6.45) is 5.23. The Kier molecular flexibility index (Phi) is 6.42. The minimum absolute atomic E-state index is 0.112. The Morgan fingerprint density at radius 3 is 2.48 bits per heavy atom. The number of aromatic nitrogens is 4. The van der Waals surface area contributed by atoms with Crippen molar-refractivity contribution in [3.63, 3.8) is 0 Å². The van der Waals surface area contributed by atoms with Gasteiger partial charge in [-0.3, -0.25) is 4.57 Å². The first kappa shape index (κ1) is 25.4. The van der Waals surface area contributed by atoms with Crippen LogP contribution < -0.4 is 10.2 Å². The third-order valence-electron chi connectivity index (χ3n) is 8.02. The van der Waals surface area contributed by atoms with Gasteiger partial charge in [0.25, 0.3) is 0 Å². The van der Waals surface area contributed by atoms with E-state index in [9.17, 15) is 4.21 Å². The molecule has 2 aliphatic heterocycles. The van der Waals surface area contributed by atoms with E-state index < -0.39 is 9.73 Å². The Bertz CT molecular complexity index is 1670. The highest BCUT2D eigenvalue weighted by Gasteiger charge is 2.34. The third kappa shape index (κ3) is 4.92. The van der Waals surface area contributed by atoms with Crippen LogP contribution in [0, 0.1) is 5.82 Å². The molecule has 3 aliphatic rings. The van der Waals surface area contributed by atoms with Crippen molar-refractivity contribution in [2.75, 3.05) is 54.9 Å². The average Bonchev–Trinajstić information content (AvgIpc) is 3.64. The molecule has 0 spiro atoms. The van der Waals surface area contributed by atoms with Crippen molar-refractivity contribution in [2.24, 2.45) is 4.36 Å². The van der Waals surface area contributed by atoms with E-state index in [4.69, 9.17) is 9.97 Å². The number of nitrogens with zero attached hydrogens (tertiary/aromatic N) is 7. The minimum Gasteiger partial charge on any atom is -0.369 e. The summed E-state index contributed by atoms with van der Waals surface area (Å²) in [6, 6.07) is 13.7. The lowest BCUT2D eigenvalue weighted by Gasteiger charge is -2.34. The SMILES string of the molecule is CN1CCN(c2ccc(Nc3ncc4c(F)c(C5CC5)n(-c5cccc(N=S6(=O)CCCC6)n5)c4n3)cc2)CC1. The summed E-state index contributed by atoms with van der Waals surface area (Å²) in [7, 11) is -0.122. The molecule has 7 rings (SSSR count). The highest BCUT2D eigenvalue weighted by molar-refractivity contribution is 7.93. The molecule has 1 saturated carbocycles. The van der Waals surface area contributed by atoms with Crippen LogP contribution in [0.25, 0.3) is 16.9 Å². The van der Waals surface area contributed by atoms with Crippen LogP contribution in [-0.2, 0) is 9.73 Å². The predicted octanol–water partition coefficient (Wildman–Crippen LogP) is 5.22. The second-order valence-electron chi connectivity index (χ2n) is 11.0. The zero-order valence-electron chi connectivity index (χ0n) is 22.6. The molecule has 2 saturated heterocycles. The summed E-state index contributed by atoms with van der Waals surface area (Å²) < 4.78 is 35.1. The maximum atomic E-state index is 15.7. The fourth-order valence-corrected chi connectivity index (χ4v) is 7.75. The molecule has 0 radical (unpaired) electrons. The number of hydrogen-bond acceptors (Lipinski definition) is 8. The fourth-order valence-electron chi connectivity index (χ4n) is 5.61. The number of piperazine rings is 1. The van der Waals surface area contributed by atoms with Crippen LogP contribution >= 0.6 is 0 Å². The zero-order valence-corrected chi connectivity index (χ0v) is 23.4. The Hall–Kier alpha value is -3.57. The van der Waals surface area contributed by atoms with Crippen LogP contribution in [-0.4, -0.2) is 73.4 Å². The fraction of sp³-hybridized carbons (Fsp3) is 0.414. The molecule has 0 atom stereocenters. The molecule has 0 bridgehead atoms. The van der Waals surface area contributed by atoms with E-state index in [1.807, 2.05) is 24.3 Å². The monoisotopic (exact) mass is 560 g/mol. The molecular formula is C29H33FN8OS. The highest BCUT2D eigenvalue weighted by Crippen LogP contribution is 2.45. The summed E-state index contributed by atoms with van der Waals surface area (Å²) in [5, 5.41) is 3.65. The quantitative estimate of drug-likeness (QED) is 0.346. The molecule has 5 heterocycles. The van der Waals surface area contributed by atoms with Crippen molar-refractivity contribution in [1.29, 1.82) is 0 Å². The number of hydrogen-bond donors (Lipinski definition) is 1. The van der Waals surface area contributed by atoms with Gasteiger partial charge in [-0.2, -0.15) is 9.35 Å². The topological polar surface area (TPSA) is 91.5 Å². The number of fused-ring (bicyclic) bond motifs is 1. The molecule has 0 unspecified atom stereocenters. The normalized spacial score (nSPS) is 19.3. The van der Waals surface area contributed by atoms with Gasteiger partial charge in [0.2, 0.25) is 5.95 Å². The Balaban J connectivity index is 1.23. The number of anilines is 3. The van der Waals surface area contributed by atoms with E-state index in [-0.39, 0.29) is 11.7 Å². The van der Waals surface area contributed by atoms with Gasteiger partial charge in [-0.25, -0.2) is 18.6 Å². The Morgan fingerprint density at radius 2 is 1.75 bits per heavy atom. The van der Waals surface area contributed by atoms with E-state index in [0.717, 1.165) is 57.5 Å². The molecule has 3 aromatic heterocycles. The largest absolute Gasteiger partial charge is 0.369 e. The summed E-state index contributed by atoms with van der Waals surface area (Å²) in [5.41, 5.74) is 3.08. The highest BCUT2D eigenvalue weighted by atomic mass is 32.2. The third-order valence-corrected chi connectivity index (χ3v) is 10.4. The van der Waals surface area contributed by atoms with Crippen LogP contribution in [0.1, 0.15) is 37.3 Å². The molecular weight excluding hydrogens is 527 g/mol. The second-order valence-corrected chi connectivity index (χ2v) is 13.6. The lowest BCUT2D eigenvalue weighted by molar-refractivity contribution is 0.313. The van der Waals surface area contributed by atoms with Gasteiger partial charge in [0.1, 0.15) is 5.82 Å². The molecule has 40 heavy (non-hydrogen) atoms. The molecule has 1 aliphatic carbocycles. The van der Waals surface area contributed by atoms with Gasteiger partial charge in [0, 0.05) is 61.2 Å². The second kappa shape index (κ2) is 10.1. The number of benzene rings is 1. The van der Waals surface area contributed by atoms with Gasteiger partial charge < -0.3 is 15.1 Å². The summed E-state index contributed by atoms with van der Waals surface area (Å²) in [4.78, 5) is 18.6. The number of halogens is 1. The van der Waals surface area contributed by atoms with Crippen LogP contribution in [0.2, 0.25) is 0 Å². The van der Waals surface area contributed by atoms with Gasteiger partial charge in [-0.15, -0.1) is 0 Å². The van der Waals surface area contributed by atoms with Gasteiger partial charge in [0.15, 0.2) is 17.3 Å². The number of likely N-dealkylation sites (N-methyl/N-ethyl adjacent to an activating group) is 1. The standard InChI is InChI=1S/C29H33FN8OS/c1-36-13-15-37(16-14-36)22-11-9-21(10-12-22)32-29-31-19-23-26(30)27(20-7-8-20)38(28(23)34-29)25-6-4-5-24(33-25)35-40(39)17-2-3-18-40/h4-6,9-12,19-20H,2-3,7-8,13-18H2,1H3,(H,31,32,34). The van der Waals surface area contributed by atoms with Gasteiger partial charge in [-0.1, -0.05) is 6.07 Å². The first-order valence-corrected chi connectivity index (χ1v) is 15.9. The maximum absolute atomic E-state index is 15.7. The molecule has 1 aromatic carbocycles. The van der Waals surface area contributed by atoms with Crippen LogP contribution in [0.3, 0.4) is 0 Å². The molecule has 11 heteroatoms. The minimum atomic E-state index is -2.27. The van der Waals surface area contributed by atoms with Crippen molar-refractivity contribution in [1.82, 2.24) is 24.4 Å². The van der Waals surface area contributed by atoms with Crippen LogP contribution in [0.15, 0.2) is 53.0 Å². The Labute approximate surface area is 233 Å². The first-order chi connectivity index (χ1) is 19.5.